The Bertz CT molecular complexity index is 1560. The van der Waals surface area contributed by atoms with Gasteiger partial charge in [0, 0.05) is 26.1 Å². The molecule has 0 amide bonds. The molecule has 9 nitrogen and oxygen atoms in total. The lowest BCUT2D eigenvalue weighted by Gasteiger charge is -2.28. The molecule has 41 heavy (non-hydrogen) atoms. The molecule has 0 bridgehead atoms. The average Bonchev–Trinajstić information content (AvgIpc) is 3.35. The second-order valence-electron chi connectivity index (χ2n) is 10.6. The van der Waals surface area contributed by atoms with Crippen LogP contribution >= 0.6 is 0 Å². The summed E-state index contributed by atoms with van der Waals surface area (Å²) in [5, 5.41) is 0. The van der Waals surface area contributed by atoms with E-state index in [4.69, 9.17) is 9.47 Å². The molecule has 4 rings (SSSR count). The number of hydrogen-bond donors (Lipinski definition) is 1. The van der Waals surface area contributed by atoms with Crippen LogP contribution in [0, 0.1) is 12.8 Å². The van der Waals surface area contributed by atoms with Gasteiger partial charge in [-0.1, -0.05) is 38.1 Å². The maximum absolute atomic E-state index is 13.6. The van der Waals surface area contributed by atoms with Crippen molar-refractivity contribution in [3.8, 4) is 5.75 Å². The Hall–Kier alpha value is -3.76. The number of benzene rings is 2. The molecular weight excluding hydrogens is 540 g/mol. The highest BCUT2D eigenvalue weighted by molar-refractivity contribution is 7.89. The predicted octanol–water partition coefficient (Wildman–Crippen LogP) is 5.08. The third-order valence-electron chi connectivity index (χ3n) is 7.04. The molecule has 2 aromatic carbocycles. The van der Waals surface area contributed by atoms with Crippen LogP contribution in [0.1, 0.15) is 49.3 Å². The van der Waals surface area contributed by atoms with Crippen molar-refractivity contribution in [3.05, 3.63) is 83.4 Å². The second kappa shape index (κ2) is 13.3. The summed E-state index contributed by atoms with van der Waals surface area (Å²) in [6, 6.07) is 15.8. The van der Waals surface area contributed by atoms with Gasteiger partial charge in [0.1, 0.15) is 23.7 Å². The van der Waals surface area contributed by atoms with Crippen molar-refractivity contribution in [2.75, 3.05) is 20.8 Å². The van der Waals surface area contributed by atoms with Crippen LogP contribution in [0.5, 0.6) is 5.75 Å². The smallest absolute Gasteiger partial charge is 0.306 e. The summed E-state index contributed by atoms with van der Waals surface area (Å²) in [5.41, 5.74) is 4.49. The number of pyridine rings is 1. The lowest BCUT2D eigenvalue weighted by atomic mass is 10.0. The number of rotatable bonds is 13. The van der Waals surface area contributed by atoms with Crippen LogP contribution in [0.2, 0.25) is 0 Å². The highest BCUT2D eigenvalue weighted by atomic mass is 32.2. The van der Waals surface area contributed by atoms with Crippen LogP contribution in [0.3, 0.4) is 0 Å². The zero-order chi connectivity index (χ0) is 29.6. The molecule has 0 aliphatic carbocycles. The first-order valence-electron chi connectivity index (χ1n) is 13.7. The Labute approximate surface area is 242 Å². The van der Waals surface area contributed by atoms with Crippen LogP contribution in [0.25, 0.3) is 11.0 Å². The zero-order valence-electron chi connectivity index (χ0n) is 24.3. The van der Waals surface area contributed by atoms with E-state index in [1.807, 2.05) is 51.1 Å². The summed E-state index contributed by atoms with van der Waals surface area (Å²) in [6.45, 7) is 5.93. The minimum atomic E-state index is -3.82. The molecule has 0 radical (unpaired) electrons. The zero-order valence-corrected chi connectivity index (χ0v) is 25.1. The fourth-order valence-corrected chi connectivity index (χ4v) is 6.10. The van der Waals surface area contributed by atoms with E-state index in [1.165, 1.54) is 4.31 Å². The Kier molecular flexibility index (Phi) is 9.77. The molecule has 1 atom stereocenters. The number of sulfonamides is 1. The standard InChI is InChI=1S/C31H38N4O5S/c1-21(2)18-25(20-40-30(36)15-10-23-6-11-26(39-5)12-7-23)35(4)41(37,38)27-13-8-24(9-14-27)19-29-31-28(16-17-32-29)33-22(3)34-31/h6-9,11-14,16-17,21,25H,10,15,18-20H2,1-5H3,(H,33,34)/t25-/m0/s1. The number of methoxy groups -OCH3 is 1. The number of ether oxygens (including phenoxy) is 2. The highest BCUT2D eigenvalue weighted by Gasteiger charge is 2.29. The summed E-state index contributed by atoms with van der Waals surface area (Å²) >= 11 is 0. The molecule has 0 unspecified atom stereocenters. The van der Waals surface area contributed by atoms with Gasteiger partial charge in [-0.25, -0.2) is 13.4 Å². The number of aryl methyl sites for hydroxylation is 2. The number of fused-ring (bicyclic) bond motifs is 1. The van der Waals surface area contributed by atoms with Crippen molar-refractivity contribution >= 4 is 27.0 Å². The van der Waals surface area contributed by atoms with Crippen molar-refractivity contribution in [3.63, 3.8) is 0 Å². The average molecular weight is 579 g/mol. The fraction of sp³-hybridized carbons (Fsp3) is 0.387. The molecule has 1 N–H and O–H groups in total. The minimum absolute atomic E-state index is 0.00774. The monoisotopic (exact) mass is 578 g/mol. The molecule has 218 valence electrons. The van der Waals surface area contributed by atoms with Gasteiger partial charge in [-0.15, -0.1) is 0 Å². The summed E-state index contributed by atoms with van der Waals surface area (Å²) in [5.74, 6) is 1.42. The van der Waals surface area contributed by atoms with E-state index in [2.05, 4.69) is 15.0 Å². The lowest BCUT2D eigenvalue weighted by Crippen LogP contribution is -2.41. The Morgan fingerprint density at radius 2 is 1.71 bits per heavy atom. The SMILES string of the molecule is COc1ccc(CCC(=O)OC[C@H](CC(C)C)N(C)S(=O)(=O)c2ccc(Cc3nccc4[nH]c(C)nc34)cc2)cc1. The van der Waals surface area contributed by atoms with Crippen molar-refractivity contribution < 1.29 is 22.7 Å². The number of esters is 1. The fourth-order valence-electron chi connectivity index (χ4n) is 4.74. The van der Waals surface area contributed by atoms with E-state index >= 15 is 0 Å². The van der Waals surface area contributed by atoms with E-state index in [-0.39, 0.29) is 29.8 Å². The number of aromatic nitrogens is 3. The van der Waals surface area contributed by atoms with E-state index in [1.54, 1.807) is 44.6 Å². The quantitative estimate of drug-likeness (QED) is 0.220. The van der Waals surface area contributed by atoms with Gasteiger partial charge >= 0.3 is 5.97 Å². The molecular formula is C31H38N4O5S. The van der Waals surface area contributed by atoms with Gasteiger partial charge in [0.15, 0.2) is 0 Å². The Balaban J connectivity index is 1.39. The number of aromatic amines is 1. The summed E-state index contributed by atoms with van der Waals surface area (Å²) in [7, 11) is -0.664. The van der Waals surface area contributed by atoms with Gasteiger partial charge in [-0.2, -0.15) is 4.31 Å². The number of hydrogen-bond acceptors (Lipinski definition) is 7. The van der Waals surface area contributed by atoms with Crippen LogP contribution < -0.4 is 4.74 Å². The third kappa shape index (κ3) is 7.71. The van der Waals surface area contributed by atoms with E-state index in [9.17, 15) is 13.2 Å². The number of imidazole rings is 1. The molecule has 0 saturated heterocycles. The van der Waals surface area contributed by atoms with Crippen LogP contribution in [-0.4, -0.2) is 60.5 Å². The molecule has 10 heteroatoms. The number of carbonyl (C=O) groups excluding carboxylic acids is 1. The molecule has 0 aliphatic heterocycles. The van der Waals surface area contributed by atoms with Crippen molar-refractivity contribution in [2.24, 2.45) is 5.92 Å². The minimum Gasteiger partial charge on any atom is -0.497 e. The Morgan fingerprint density at radius 1 is 1.02 bits per heavy atom. The van der Waals surface area contributed by atoms with Crippen molar-refractivity contribution in [1.82, 2.24) is 19.3 Å². The predicted molar refractivity (Wildman–Crippen MR) is 158 cm³/mol. The van der Waals surface area contributed by atoms with Gasteiger partial charge in [0.25, 0.3) is 0 Å². The Morgan fingerprint density at radius 3 is 2.37 bits per heavy atom. The molecule has 0 saturated carbocycles. The van der Waals surface area contributed by atoms with Gasteiger partial charge in [-0.3, -0.25) is 9.78 Å². The molecule has 0 fully saturated rings. The number of nitrogens with one attached hydrogen (secondary N) is 1. The van der Waals surface area contributed by atoms with Gasteiger partial charge in [-0.05, 0) is 67.1 Å². The maximum atomic E-state index is 13.6. The number of H-pyrrole nitrogens is 1. The highest BCUT2D eigenvalue weighted by Crippen LogP contribution is 2.23. The van der Waals surface area contributed by atoms with Crippen LogP contribution in [0.4, 0.5) is 0 Å². The van der Waals surface area contributed by atoms with Crippen LogP contribution in [-0.2, 0) is 32.4 Å². The second-order valence-corrected chi connectivity index (χ2v) is 12.6. The van der Waals surface area contributed by atoms with Crippen molar-refractivity contribution in [1.29, 1.82) is 0 Å². The third-order valence-corrected chi connectivity index (χ3v) is 8.96. The first-order valence-corrected chi connectivity index (χ1v) is 15.2. The van der Waals surface area contributed by atoms with E-state index < -0.39 is 16.1 Å². The van der Waals surface area contributed by atoms with E-state index in [0.29, 0.717) is 19.3 Å². The molecule has 4 aromatic rings. The van der Waals surface area contributed by atoms with Gasteiger partial charge < -0.3 is 14.5 Å². The molecule has 0 spiro atoms. The molecule has 2 heterocycles. The lowest BCUT2D eigenvalue weighted by molar-refractivity contribution is -0.145. The number of nitrogens with zero attached hydrogens (tertiary/aromatic N) is 3. The molecule has 0 aliphatic rings. The summed E-state index contributed by atoms with van der Waals surface area (Å²) in [4.78, 5) is 24.9. The summed E-state index contributed by atoms with van der Waals surface area (Å²) < 4.78 is 39.2. The number of carbonyl (C=O) groups is 1. The van der Waals surface area contributed by atoms with Crippen LogP contribution in [0.15, 0.2) is 65.7 Å². The topological polar surface area (TPSA) is 114 Å². The number of likely N-dealkylation sites (N-methyl/N-ethyl adjacent to an activating group) is 1. The van der Waals surface area contributed by atoms with Crippen molar-refractivity contribution in [2.45, 2.75) is 57.4 Å². The normalized spacial score (nSPS) is 12.7. The van der Waals surface area contributed by atoms with Gasteiger partial charge in [0.2, 0.25) is 10.0 Å². The first-order chi connectivity index (χ1) is 19.6. The largest absolute Gasteiger partial charge is 0.497 e. The first kappa shape index (κ1) is 30.2. The molecule has 2 aromatic heterocycles. The van der Waals surface area contributed by atoms with E-state index in [0.717, 1.165) is 39.4 Å². The maximum Gasteiger partial charge on any atom is 0.306 e. The summed E-state index contributed by atoms with van der Waals surface area (Å²) in [6.07, 6.45) is 3.56. The van der Waals surface area contributed by atoms with Gasteiger partial charge in [0.05, 0.1) is 29.3 Å².